The molecule has 1 amide bonds. The summed E-state index contributed by atoms with van der Waals surface area (Å²) in [6, 6.07) is 16.0. The Balaban J connectivity index is 1.43. The molecule has 2 aromatic rings. The van der Waals surface area contributed by atoms with Gasteiger partial charge in [0.2, 0.25) is 5.91 Å². The van der Waals surface area contributed by atoms with E-state index >= 15 is 0 Å². The zero-order valence-corrected chi connectivity index (χ0v) is 14.7. The van der Waals surface area contributed by atoms with Gasteiger partial charge in [-0.05, 0) is 47.6 Å². The molecule has 25 heavy (non-hydrogen) atoms. The SMILES string of the molecule is C[C@@H](CC(=O)NCC1Cc2ccc(O)cc2CN1)Cc1ccccc1. The second kappa shape index (κ2) is 8.17. The van der Waals surface area contributed by atoms with Crippen molar-refractivity contribution in [3.63, 3.8) is 0 Å². The first-order chi connectivity index (χ1) is 12.1. The van der Waals surface area contributed by atoms with Gasteiger partial charge in [0.25, 0.3) is 0 Å². The van der Waals surface area contributed by atoms with Crippen molar-refractivity contribution in [3.05, 3.63) is 65.2 Å². The van der Waals surface area contributed by atoms with E-state index in [1.807, 2.05) is 30.3 Å². The van der Waals surface area contributed by atoms with Crippen LogP contribution in [0.4, 0.5) is 0 Å². The Kier molecular flexibility index (Phi) is 5.71. The molecule has 0 spiro atoms. The number of hydrogen-bond donors (Lipinski definition) is 3. The molecule has 0 radical (unpaired) electrons. The summed E-state index contributed by atoms with van der Waals surface area (Å²) in [5.74, 6) is 0.742. The minimum Gasteiger partial charge on any atom is -0.508 e. The van der Waals surface area contributed by atoms with E-state index in [1.165, 1.54) is 11.1 Å². The summed E-state index contributed by atoms with van der Waals surface area (Å²) >= 11 is 0. The number of fused-ring (bicyclic) bond motifs is 1. The molecular formula is C21H26N2O2. The first kappa shape index (κ1) is 17.5. The van der Waals surface area contributed by atoms with Crippen LogP contribution in [0.15, 0.2) is 48.5 Å². The van der Waals surface area contributed by atoms with Crippen LogP contribution in [0.25, 0.3) is 0 Å². The van der Waals surface area contributed by atoms with Gasteiger partial charge in [0.05, 0.1) is 0 Å². The third-order valence-electron chi connectivity index (χ3n) is 4.74. The fraction of sp³-hybridized carbons (Fsp3) is 0.381. The standard InChI is InChI=1S/C21H26N2O2/c1-15(9-16-5-3-2-4-6-16)10-21(25)23-14-19-11-17-7-8-20(24)12-18(17)13-22-19/h2-8,12,15,19,22,24H,9-11,13-14H2,1H3,(H,23,25)/t15-,19?/m1/s1. The Morgan fingerprint density at radius 2 is 2.04 bits per heavy atom. The number of rotatable bonds is 6. The van der Waals surface area contributed by atoms with Crippen LogP contribution in [0.5, 0.6) is 5.75 Å². The number of carbonyl (C=O) groups is 1. The van der Waals surface area contributed by atoms with Crippen molar-refractivity contribution in [2.75, 3.05) is 6.54 Å². The first-order valence-electron chi connectivity index (χ1n) is 8.95. The number of carbonyl (C=O) groups excluding carboxylic acids is 1. The summed E-state index contributed by atoms with van der Waals surface area (Å²) in [5, 5.41) is 16.0. The van der Waals surface area contributed by atoms with Gasteiger partial charge < -0.3 is 15.7 Å². The lowest BCUT2D eigenvalue weighted by Gasteiger charge is -2.26. The maximum absolute atomic E-state index is 12.2. The quantitative estimate of drug-likeness (QED) is 0.759. The van der Waals surface area contributed by atoms with Crippen LogP contribution < -0.4 is 10.6 Å². The van der Waals surface area contributed by atoms with Crippen molar-refractivity contribution in [1.29, 1.82) is 0 Å². The summed E-state index contributed by atoms with van der Waals surface area (Å²) in [6.45, 7) is 3.49. The molecule has 1 aliphatic heterocycles. The highest BCUT2D eigenvalue weighted by molar-refractivity contribution is 5.76. The molecular weight excluding hydrogens is 312 g/mol. The third-order valence-corrected chi connectivity index (χ3v) is 4.74. The number of amides is 1. The molecule has 0 saturated carbocycles. The van der Waals surface area contributed by atoms with Gasteiger partial charge in [-0.3, -0.25) is 4.79 Å². The van der Waals surface area contributed by atoms with Crippen molar-refractivity contribution in [3.8, 4) is 5.75 Å². The normalized spacial score (nSPS) is 17.6. The molecule has 0 bridgehead atoms. The number of aromatic hydroxyl groups is 1. The molecule has 0 fully saturated rings. The van der Waals surface area contributed by atoms with Crippen molar-refractivity contribution < 1.29 is 9.90 Å². The Morgan fingerprint density at radius 3 is 2.84 bits per heavy atom. The molecule has 3 N–H and O–H groups in total. The van der Waals surface area contributed by atoms with Crippen LogP contribution in [-0.2, 0) is 24.2 Å². The van der Waals surface area contributed by atoms with Gasteiger partial charge in [0, 0.05) is 25.6 Å². The molecule has 1 heterocycles. The maximum atomic E-state index is 12.2. The Morgan fingerprint density at radius 1 is 1.24 bits per heavy atom. The van der Waals surface area contributed by atoms with Crippen LogP contribution in [0, 0.1) is 5.92 Å². The van der Waals surface area contributed by atoms with Crippen molar-refractivity contribution in [2.24, 2.45) is 5.92 Å². The first-order valence-corrected chi connectivity index (χ1v) is 8.95. The van der Waals surface area contributed by atoms with E-state index < -0.39 is 0 Å². The molecule has 0 saturated heterocycles. The average Bonchev–Trinajstić information content (AvgIpc) is 2.60. The molecule has 4 heteroatoms. The minimum atomic E-state index is 0.113. The Bertz CT molecular complexity index is 715. The van der Waals surface area contributed by atoms with Crippen molar-refractivity contribution in [2.45, 2.75) is 38.8 Å². The van der Waals surface area contributed by atoms with E-state index in [9.17, 15) is 9.90 Å². The second-order valence-electron chi connectivity index (χ2n) is 7.04. The molecule has 2 aromatic carbocycles. The molecule has 2 atom stereocenters. The minimum absolute atomic E-state index is 0.113. The smallest absolute Gasteiger partial charge is 0.220 e. The van der Waals surface area contributed by atoms with E-state index in [0.717, 1.165) is 24.9 Å². The van der Waals surface area contributed by atoms with Gasteiger partial charge >= 0.3 is 0 Å². The lowest BCUT2D eigenvalue weighted by Crippen LogP contribution is -2.44. The van der Waals surface area contributed by atoms with Crippen LogP contribution in [0.3, 0.4) is 0 Å². The largest absolute Gasteiger partial charge is 0.508 e. The van der Waals surface area contributed by atoms with Crippen molar-refractivity contribution >= 4 is 5.91 Å². The average molecular weight is 338 g/mol. The summed E-state index contributed by atoms with van der Waals surface area (Å²) in [6.07, 6.45) is 2.34. The number of phenolic OH excluding ortho intramolecular Hbond substituents is 1. The Labute approximate surface area is 149 Å². The zero-order chi connectivity index (χ0) is 17.6. The van der Waals surface area contributed by atoms with Crippen LogP contribution in [0.1, 0.15) is 30.0 Å². The van der Waals surface area contributed by atoms with Gasteiger partial charge in [-0.1, -0.05) is 43.3 Å². The molecule has 1 aliphatic rings. The number of nitrogens with one attached hydrogen (secondary N) is 2. The van der Waals surface area contributed by atoms with Gasteiger partial charge in [-0.15, -0.1) is 0 Å². The fourth-order valence-corrected chi connectivity index (χ4v) is 3.43. The van der Waals surface area contributed by atoms with Crippen LogP contribution >= 0.6 is 0 Å². The predicted molar refractivity (Wildman–Crippen MR) is 99.4 cm³/mol. The maximum Gasteiger partial charge on any atom is 0.220 e. The number of phenols is 1. The zero-order valence-electron chi connectivity index (χ0n) is 14.7. The second-order valence-corrected chi connectivity index (χ2v) is 7.04. The molecule has 0 aromatic heterocycles. The van der Waals surface area contributed by atoms with E-state index in [-0.39, 0.29) is 11.9 Å². The van der Waals surface area contributed by atoms with E-state index in [2.05, 4.69) is 29.7 Å². The Hall–Kier alpha value is -2.33. The fourth-order valence-electron chi connectivity index (χ4n) is 3.43. The highest BCUT2D eigenvalue weighted by Gasteiger charge is 2.19. The number of benzene rings is 2. The summed E-state index contributed by atoms with van der Waals surface area (Å²) in [7, 11) is 0. The van der Waals surface area contributed by atoms with E-state index in [1.54, 1.807) is 6.07 Å². The number of hydrogen-bond acceptors (Lipinski definition) is 3. The summed E-state index contributed by atoms with van der Waals surface area (Å²) in [5.41, 5.74) is 3.66. The lowest BCUT2D eigenvalue weighted by atomic mass is 9.95. The van der Waals surface area contributed by atoms with Gasteiger partial charge in [0.15, 0.2) is 0 Å². The lowest BCUT2D eigenvalue weighted by molar-refractivity contribution is -0.122. The van der Waals surface area contributed by atoms with E-state index in [4.69, 9.17) is 0 Å². The van der Waals surface area contributed by atoms with Gasteiger partial charge in [-0.25, -0.2) is 0 Å². The molecule has 3 rings (SSSR count). The highest BCUT2D eigenvalue weighted by atomic mass is 16.3. The predicted octanol–water partition coefficient (Wildman–Crippen LogP) is 2.79. The summed E-state index contributed by atoms with van der Waals surface area (Å²) in [4.78, 5) is 12.2. The molecule has 1 unspecified atom stereocenters. The van der Waals surface area contributed by atoms with Crippen molar-refractivity contribution in [1.82, 2.24) is 10.6 Å². The molecule has 0 aliphatic carbocycles. The third kappa shape index (κ3) is 5.07. The molecule has 132 valence electrons. The summed E-state index contributed by atoms with van der Waals surface area (Å²) < 4.78 is 0. The van der Waals surface area contributed by atoms with Crippen LogP contribution in [0.2, 0.25) is 0 Å². The van der Waals surface area contributed by atoms with Crippen LogP contribution in [-0.4, -0.2) is 23.6 Å². The monoisotopic (exact) mass is 338 g/mol. The van der Waals surface area contributed by atoms with Gasteiger partial charge in [0.1, 0.15) is 5.75 Å². The van der Waals surface area contributed by atoms with E-state index in [0.29, 0.717) is 24.6 Å². The topological polar surface area (TPSA) is 61.4 Å². The highest BCUT2D eigenvalue weighted by Crippen LogP contribution is 2.21. The van der Waals surface area contributed by atoms with Gasteiger partial charge in [-0.2, -0.15) is 0 Å². The molecule has 4 nitrogen and oxygen atoms in total.